The molecular formula is C35H37Cl2N3O4S. The fourth-order valence-electron chi connectivity index (χ4n) is 5.06. The van der Waals surface area contributed by atoms with Crippen LogP contribution in [0.25, 0.3) is 0 Å². The number of sulfonamides is 1. The first-order valence-corrected chi connectivity index (χ1v) is 17.1. The van der Waals surface area contributed by atoms with Gasteiger partial charge >= 0.3 is 0 Å². The summed E-state index contributed by atoms with van der Waals surface area (Å²) in [5, 5.41) is 3.59. The van der Waals surface area contributed by atoms with E-state index in [1.54, 1.807) is 48.5 Å². The molecule has 0 heterocycles. The molecular weight excluding hydrogens is 629 g/mol. The Morgan fingerprint density at radius 1 is 0.800 bits per heavy atom. The summed E-state index contributed by atoms with van der Waals surface area (Å²) in [7, 11) is -4.19. The maximum absolute atomic E-state index is 14.6. The van der Waals surface area contributed by atoms with Crippen LogP contribution in [-0.2, 0) is 39.0 Å². The maximum atomic E-state index is 14.6. The number of nitrogens with zero attached hydrogens (tertiary/aromatic N) is 2. The molecule has 0 aliphatic rings. The summed E-state index contributed by atoms with van der Waals surface area (Å²) >= 11 is 13.1. The van der Waals surface area contributed by atoms with Gasteiger partial charge in [-0.1, -0.05) is 110 Å². The Kier molecular flexibility index (Phi) is 12.0. The smallest absolute Gasteiger partial charge is 0.264 e. The minimum Gasteiger partial charge on any atom is -0.354 e. The van der Waals surface area contributed by atoms with Crippen LogP contribution in [0.15, 0.2) is 108 Å². The first-order chi connectivity index (χ1) is 21.7. The van der Waals surface area contributed by atoms with Gasteiger partial charge in [-0.05, 0) is 54.3 Å². The van der Waals surface area contributed by atoms with Gasteiger partial charge in [0.25, 0.3) is 10.0 Å². The molecule has 0 aromatic heterocycles. The molecule has 4 aromatic carbocycles. The lowest BCUT2D eigenvalue weighted by Gasteiger charge is -2.34. The number of hydrogen-bond acceptors (Lipinski definition) is 4. The number of carbonyl (C=O) groups excluding carboxylic acids is 2. The molecule has 4 aromatic rings. The zero-order chi connectivity index (χ0) is 32.4. The molecule has 0 fully saturated rings. The number of aryl methyl sites for hydroxylation is 1. The second kappa shape index (κ2) is 15.9. The van der Waals surface area contributed by atoms with Crippen LogP contribution < -0.4 is 9.62 Å². The highest BCUT2D eigenvalue weighted by Gasteiger charge is 2.35. The second-order valence-corrected chi connectivity index (χ2v) is 13.2. The van der Waals surface area contributed by atoms with E-state index in [2.05, 4.69) is 5.32 Å². The SMILES string of the molecule is CCCNC(=O)[C@@H](Cc1ccccc1)N(Cc1c(Cl)cccc1Cl)C(=O)CN(c1ccccc1CC)S(=O)(=O)c1ccccc1. The molecule has 0 saturated carbocycles. The average molecular weight is 667 g/mol. The fraction of sp³-hybridized carbons (Fsp3) is 0.257. The van der Waals surface area contributed by atoms with Gasteiger partial charge in [0.15, 0.2) is 0 Å². The van der Waals surface area contributed by atoms with Crippen molar-refractivity contribution >= 4 is 50.7 Å². The van der Waals surface area contributed by atoms with Crippen LogP contribution in [0.1, 0.15) is 37.0 Å². The highest BCUT2D eigenvalue weighted by Crippen LogP contribution is 2.30. The van der Waals surface area contributed by atoms with E-state index in [9.17, 15) is 18.0 Å². The van der Waals surface area contributed by atoms with Gasteiger partial charge in [-0.15, -0.1) is 0 Å². The molecule has 45 heavy (non-hydrogen) atoms. The van der Waals surface area contributed by atoms with E-state index in [0.29, 0.717) is 40.7 Å². The second-order valence-electron chi connectivity index (χ2n) is 10.5. The summed E-state index contributed by atoms with van der Waals surface area (Å²) in [4.78, 5) is 29.8. The lowest BCUT2D eigenvalue weighted by Crippen LogP contribution is -2.53. The van der Waals surface area contributed by atoms with Crippen molar-refractivity contribution in [1.29, 1.82) is 0 Å². The van der Waals surface area contributed by atoms with Crippen molar-refractivity contribution < 1.29 is 18.0 Å². The number of benzene rings is 4. The van der Waals surface area contributed by atoms with Gasteiger partial charge in [-0.2, -0.15) is 0 Å². The molecule has 0 aliphatic carbocycles. The van der Waals surface area contributed by atoms with Crippen molar-refractivity contribution in [2.24, 2.45) is 0 Å². The van der Waals surface area contributed by atoms with Crippen molar-refractivity contribution in [3.05, 3.63) is 130 Å². The number of anilines is 1. The number of amides is 2. The number of halogens is 2. The van der Waals surface area contributed by atoms with Crippen molar-refractivity contribution in [1.82, 2.24) is 10.2 Å². The van der Waals surface area contributed by atoms with Gasteiger partial charge in [-0.3, -0.25) is 13.9 Å². The van der Waals surface area contributed by atoms with E-state index in [4.69, 9.17) is 23.2 Å². The highest BCUT2D eigenvalue weighted by atomic mass is 35.5. The van der Waals surface area contributed by atoms with Crippen LogP contribution >= 0.6 is 23.2 Å². The van der Waals surface area contributed by atoms with E-state index >= 15 is 0 Å². The molecule has 4 rings (SSSR count). The third-order valence-electron chi connectivity index (χ3n) is 7.46. The van der Waals surface area contributed by atoms with Crippen LogP contribution in [-0.4, -0.2) is 44.3 Å². The van der Waals surface area contributed by atoms with Crippen LogP contribution in [0.5, 0.6) is 0 Å². The highest BCUT2D eigenvalue weighted by molar-refractivity contribution is 7.92. The molecule has 10 heteroatoms. The monoisotopic (exact) mass is 665 g/mol. The van der Waals surface area contributed by atoms with Crippen LogP contribution in [0, 0.1) is 0 Å². The Balaban J connectivity index is 1.85. The zero-order valence-electron chi connectivity index (χ0n) is 25.3. The van der Waals surface area contributed by atoms with Gasteiger partial charge in [0.1, 0.15) is 12.6 Å². The molecule has 0 saturated heterocycles. The summed E-state index contributed by atoms with van der Waals surface area (Å²) < 4.78 is 29.5. The molecule has 0 bridgehead atoms. The first-order valence-electron chi connectivity index (χ1n) is 14.9. The molecule has 1 N–H and O–H groups in total. The van der Waals surface area contributed by atoms with Crippen molar-refractivity contribution in [2.75, 3.05) is 17.4 Å². The van der Waals surface area contributed by atoms with Crippen molar-refractivity contribution in [3.63, 3.8) is 0 Å². The van der Waals surface area contributed by atoms with E-state index < -0.39 is 28.5 Å². The first kappa shape index (κ1) is 34.0. The molecule has 0 spiro atoms. The normalized spacial score (nSPS) is 11.9. The predicted octanol–water partition coefficient (Wildman–Crippen LogP) is 6.92. The fourth-order valence-corrected chi connectivity index (χ4v) is 7.05. The molecule has 1 atom stereocenters. The van der Waals surface area contributed by atoms with E-state index in [1.807, 2.05) is 56.3 Å². The Hall–Kier alpha value is -3.85. The molecule has 236 valence electrons. The van der Waals surface area contributed by atoms with Crippen LogP contribution in [0.3, 0.4) is 0 Å². The van der Waals surface area contributed by atoms with Crippen LogP contribution in [0.2, 0.25) is 10.0 Å². The number of carbonyl (C=O) groups is 2. The molecule has 0 unspecified atom stereocenters. The standard InChI is InChI=1S/C35H37Cl2N3O4S/c1-3-22-38-35(42)33(23-26-14-7-5-8-15-26)39(24-29-30(36)19-13-20-31(29)37)34(41)25-40(32-21-12-11-16-27(32)4-2)45(43,44)28-17-9-6-10-18-28/h5-21,33H,3-4,22-25H2,1-2H3,(H,38,42)/t33-/m1/s1. The van der Waals surface area contributed by atoms with Gasteiger partial charge in [0, 0.05) is 35.1 Å². The largest absolute Gasteiger partial charge is 0.354 e. The zero-order valence-corrected chi connectivity index (χ0v) is 27.7. The van der Waals surface area contributed by atoms with Gasteiger partial charge in [-0.25, -0.2) is 8.42 Å². The maximum Gasteiger partial charge on any atom is 0.264 e. The summed E-state index contributed by atoms with van der Waals surface area (Å²) in [6, 6.07) is 28.5. The molecule has 0 aliphatic heterocycles. The number of nitrogens with one attached hydrogen (secondary N) is 1. The minimum atomic E-state index is -4.19. The van der Waals surface area contributed by atoms with E-state index in [1.165, 1.54) is 17.0 Å². The Morgan fingerprint density at radius 3 is 2.02 bits per heavy atom. The van der Waals surface area contributed by atoms with Crippen LogP contribution in [0.4, 0.5) is 5.69 Å². The number of hydrogen-bond donors (Lipinski definition) is 1. The van der Waals surface area contributed by atoms with Gasteiger partial charge in [0.05, 0.1) is 10.6 Å². The molecule has 2 amide bonds. The molecule has 0 radical (unpaired) electrons. The Labute approximate surface area is 275 Å². The summed E-state index contributed by atoms with van der Waals surface area (Å²) in [6.07, 6.45) is 1.44. The minimum absolute atomic E-state index is 0.0472. The molecule has 7 nitrogen and oxygen atoms in total. The van der Waals surface area contributed by atoms with Gasteiger partial charge in [0.2, 0.25) is 11.8 Å². The number of para-hydroxylation sites is 1. The average Bonchev–Trinajstić information content (AvgIpc) is 3.06. The van der Waals surface area contributed by atoms with E-state index in [0.717, 1.165) is 15.4 Å². The van der Waals surface area contributed by atoms with E-state index in [-0.39, 0.29) is 23.8 Å². The summed E-state index contributed by atoms with van der Waals surface area (Å²) in [5.74, 6) is -0.937. The lowest BCUT2D eigenvalue weighted by atomic mass is 10.0. The Morgan fingerprint density at radius 2 is 1.40 bits per heavy atom. The Bertz CT molecular complexity index is 1680. The van der Waals surface area contributed by atoms with Gasteiger partial charge < -0.3 is 10.2 Å². The quantitative estimate of drug-likeness (QED) is 0.158. The van der Waals surface area contributed by atoms with Crippen molar-refractivity contribution in [2.45, 2.75) is 50.6 Å². The van der Waals surface area contributed by atoms with Crippen molar-refractivity contribution in [3.8, 4) is 0 Å². The number of rotatable bonds is 14. The topological polar surface area (TPSA) is 86.8 Å². The third kappa shape index (κ3) is 8.45. The lowest BCUT2D eigenvalue weighted by molar-refractivity contribution is -0.140. The predicted molar refractivity (Wildman–Crippen MR) is 181 cm³/mol. The summed E-state index contributed by atoms with van der Waals surface area (Å²) in [5.41, 5.74) is 2.44. The third-order valence-corrected chi connectivity index (χ3v) is 9.94. The summed E-state index contributed by atoms with van der Waals surface area (Å²) in [6.45, 7) is 3.62.